The average Bonchev–Trinajstić information content (AvgIpc) is 2.75. The molecule has 1 aliphatic rings. The molecule has 1 fully saturated rings. The number of ether oxygens (including phenoxy) is 1. The largest absolute Gasteiger partial charge is 0.447 e. The lowest BCUT2D eigenvalue weighted by molar-refractivity contribution is 0.177. The third-order valence-corrected chi connectivity index (χ3v) is 4.05. The predicted molar refractivity (Wildman–Crippen MR) is 62.6 cm³/mol. The highest BCUT2D eigenvalue weighted by atomic mass is 32.2. The Labute approximate surface area is 105 Å². The van der Waals surface area contributed by atoms with E-state index in [-0.39, 0.29) is 11.5 Å². The second-order valence-corrected chi connectivity index (χ2v) is 5.64. The van der Waals surface area contributed by atoms with Crippen LogP contribution in [0.2, 0.25) is 0 Å². The first-order chi connectivity index (χ1) is 8.44. The van der Waals surface area contributed by atoms with Crippen LogP contribution in [0.25, 0.3) is 0 Å². The molecule has 1 saturated heterocycles. The number of amides is 1. The molecule has 1 aliphatic heterocycles. The summed E-state index contributed by atoms with van der Waals surface area (Å²) in [7, 11) is -2.71. The van der Waals surface area contributed by atoms with Crippen LogP contribution in [0.4, 0.5) is 4.79 Å². The second-order valence-electron chi connectivity index (χ2n) is 3.96. The summed E-state index contributed by atoms with van der Waals surface area (Å²) in [5.74, 6) is 0. The maximum atomic E-state index is 11.8. The molecule has 0 radical (unpaired) electrons. The molecule has 98 valence electrons. The van der Waals surface area contributed by atoms with E-state index in [4.69, 9.17) is 4.74 Å². The smallest absolute Gasteiger partial charge is 0.407 e. The monoisotopic (exact) mass is 271 g/mol. The fraction of sp³-hybridized carbons (Fsp3) is 0.364. The standard InChI is InChI=1S/C11H13NO5S/c1-7-3-4-10(18(14,15)16-2)8(5-7)9-6-17-11(13)12-9/h3-5,9H,6H2,1-2H3,(H,12,13)/t9-/m0/s1. The number of aryl methyl sites for hydroxylation is 1. The Bertz CT molecular complexity index is 581. The third-order valence-electron chi connectivity index (χ3n) is 2.70. The SMILES string of the molecule is COS(=O)(=O)c1ccc(C)cc1[C@@H]1COC(=O)N1. The molecule has 0 saturated carbocycles. The number of alkyl carbamates (subject to hydrolysis) is 1. The zero-order valence-electron chi connectivity index (χ0n) is 9.97. The Balaban J connectivity index is 2.51. The van der Waals surface area contributed by atoms with Crippen LogP contribution in [0.1, 0.15) is 17.2 Å². The van der Waals surface area contributed by atoms with Crippen LogP contribution in [0.3, 0.4) is 0 Å². The van der Waals surface area contributed by atoms with Crippen LogP contribution in [-0.4, -0.2) is 28.2 Å². The Morgan fingerprint density at radius 3 is 2.72 bits per heavy atom. The molecule has 1 aromatic rings. The van der Waals surface area contributed by atoms with Crippen molar-refractivity contribution in [3.05, 3.63) is 29.3 Å². The Morgan fingerprint density at radius 1 is 1.44 bits per heavy atom. The minimum atomic E-state index is -3.81. The van der Waals surface area contributed by atoms with Crippen LogP contribution in [0, 0.1) is 6.92 Å². The highest BCUT2D eigenvalue weighted by molar-refractivity contribution is 7.86. The Hall–Kier alpha value is -1.60. The van der Waals surface area contributed by atoms with E-state index in [9.17, 15) is 13.2 Å². The van der Waals surface area contributed by atoms with Gasteiger partial charge in [0.25, 0.3) is 10.1 Å². The maximum Gasteiger partial charge on any atom is 0.407 e. The molecular formula is C11H13NO5S. The third kappa shape index (κ3) is 2.32. The van der Waals surface area contributed by atoms with Crippen LogP contribution in [0.5, 0.6) is 0 Å². The van der Waals surface area contributed by atoms with E-state index in [2.05, 4.69) is 9.50 Å². The van der Waals surface area contributed by atoms with Crippen molar-refractivity contribution in [2.75, 3.05) is 13.7 Å². The topological polar surface area (TPSA) is 81.7 Å². The van der Waals surface area contributed by atoms with Gasteiger partial charge in [0.15, 0.2) is 0 Å². The van der Waals surface area contributed by atoms with Gasteiger partial charge in [0, 0.05) is 0 Å². The summed E-state index contributed by atoms with van der Waals surface area (Å²) in [6.45, 7) is 1.94. The van der Waals surface area contributed by atoms with Crippen molar-refractivity contribution in [2.24, 2.45) is 0 Å². The van der Waals surface area contributed by atoms with Crippen molar-refractivity contribution >= 4 is 16.2 Å². The highest BCUT2D eigenvalue weighted by Crippen LogP contribution is 2.27. The molecule has 1 aromatic carbocycles. The number of hydrogen-bond donors (Lipinski definition) is 1. The molecule has 6 nitrogen and oxygen atoms in total. The lowest BCUT2D eigenvalue weighted by Gasteiger charge is -2.14. The molecule has 0 unspecified atom stereocenters. The number of hydrogen-bond acceptors (Lipinski definition) is 5. The minimum absolute atomic E-state index is 0.0476. The summed E-state index contributed by atoms with van der Waals surface area (Å²) in [5.41, 5.74) is 1.36. The van der Waals surface area contributed by atoms with E-state index in [1.807, 2.05) is 6.92 Å². The lowest BCUT2D eigenvalue weighted by Crippen LogP contribution is -2.21. The summed E-state index contributed by atoms with van der Waals surface area (Å²) >= 11 is 0. The van der Waals surface area contributed by atoms with Crippen molar-refractivity contribution < 1.29 is 22.1 Å². The fourth-order valence-electron chi connectivity index (χ4n) is 1.81. The average molecular weight is 271 g/mol. The van der Waals surface area contributed by atoms with Gasteiger partial charge in [-0.3, -0.25) is 4.18 Å². The van der Waals surface area contributed by atoms with Crippen molar-refractivity contribution in [1.29, 1.82) is 0 Å². The molecular weight excluding hydrogens is 258 g/mol. The number of carbonyl (C=O) groups excluding carboxylic acids is 1. The fourth-order valence-corrected chi connectivity index (χ4v) is 2.71. The molecule has 0 aromatic heterocycles. The normalized spacial score (nSPS) is 19.4. The van der Waals surface area contributed by atoms with Crippen LogP contribution in [-0.2, 0) is 19.0 Å². The minimum Gasteiger partial charge on any atom is -0.447 e. The number of benzene rings is 1. The Morgan fingerprint density at radius 2 is 2.17 bits per heavy atom. The lowest BCUT2D eigenvalue weighted by atomic mass is 10.1. The van der Waals surface area contributed by atoms with Crippen LogP contribution >= 0.6 is 0 Å². The van der Waals surface area contributed by atoms with Gasteiger partial charge in [-0.25, -0.2) is 4.79 Å². The van der Waals surface area contributed by atoms with Gasteiger partial charge in [0.1, 0.15) is 6.61 Å². The molecule has 0 spiro atoms. The zero-order chi connectivity index (χ0) is 13.3. The van der Waals surface area contributed by atoms with Gasteiger partial charge >= 0.3 is 6.09 Å². The van der Waals surface area contributed by atoms with E-state index in [1.165, 1.54) is 6.07 Å². The number of carbonyl (C=O) groups is 1. The highest BCUT2D eigenvalue weighted by Gasteiger charge is 2.29. The Kier molecular flexibility index (Phi) is 3.27. The quantitative estimate of drug-likeness (QED) is 0.833. The van der Waals surface area contributed by atoms with Crippen molar-refractivity contribution in [2.45, 2.75) is 17.9 Å². The molecule has 18 heavy (non-hydrogen) atoms. The number of nitrogens with one attached hydrogen (secondary N) is 1. The summed E-state index contributed by atoms with van der Waals surface area (Å²) < 4.78 is 32.9. The molecule has 1 N–H and O–H groups in total. The van der Waals surface area contributed by atoms with E-state index in [0.717, 1.165) is 12.7 Å². The van der Waals surface area contributed by atoms with Gasteiger partial charge in [-0.15, -0.1) is 0 Å². The van der Waals surface area contributed by atoms with Crippen molar-refractivity contribution in [1.82, 2.24) is 5.32 Å². The van der Waals surface area contributed by atoms with Crippen molar-refractivity contribution in [3.8, 4) is 0 Å². The molecule has 2 rings (SSSR count). The van der Waals surface area contributed by atoms with E-state index >= 15 is 0 Å². The summed E-state index contributed by atoms with van der Waals surface area (Å²) in [6, 6.07) is 4.37. The first-order valence-electron chi connectivity index (χ1n) is 5.28. The molecule has 1 amide bonds. The van der Waals surface area contributed by atoms with Gasteiger partial charge in [0.05, 0.1) is 18.0 Å². The van der Waals surface area contributed by atoms with E-state index in [1.54, 1.807) is 12.1 Å². The summed E-state index contributed by atoms with van der Waals surface area (Å²) in [6.07, 6.45) is -0.553. The first-order valence-corrected chi connectivity index (χ1v) is 6.69. The van der Waals surface area contributed by atoms with Crippen LogP contribution < -0.4 is 5.32 Å². The van der Waals surface area contributed by atoms with Crippen molar-refractivity contribution in [3.63, 3.8) is 0 Å². The zero-order valence-corrected chi connectivity index (χ0v) is 10.8. The predicted octanol–water partition coefficient (Wildman–Crippen LogP) is 1.11. The molecule has 1 atom stereocenters. The van der Waals surface area contributed by atoms with E-state index in [0.29, 0.717) is 5.56 Å². The summed E-state index contributed by atoms with van der Waals surface area (Å²) in [4.78, 5) is 11.1. The molecule has 0 aliphatic carbocycles. The molecule has 0 bridgehead atoms. The first kappa shape index (κ1) is 12.8. The molecule has 1 heterocycles. The van der Waals surface area contributed by atoms with Gasteiger partial charge in [-0.1, -0.05) is 17.7 Å². The second kappa shape index (κ2) is 4.58. The number of rotatable bonds is 3. The summed E-state index contributed by atoms with van der Waals surface area (Å²) in [5, 5.41) is 2.55. The number of cyclic esters (lactones) is 1. The van der Waals surface area contributed by atoms with Crippen LogP contribution in [0.15, 0.2) is 23.1 Å². The van der Waals surface area contributed by atoms with Gasteiger partial charge in [-0.05, 0) is 18.6 Å². The molecule has 7 heteroatoms. The maximum absolute atomic E-state index is 11.8. The van der Waals surface area contributed by atoms with E-state index < -0.39 is 22.3 Å². The van der Waals surface area contributed by atoms with Gasteiger partial charge in [0.2, 0.25) is 0 Å². The van der Waals surface area contributed by atoms with Gasteiger partial charge in [-0.2, -0.15) is 8.42 Å². The van der Waals surface area contributed by atoms with Gasteiger partial charge < -0.3 is 10.1 Å².